The smallest absolute Gasteiger partial charge is 0.397 e. The molecule has 11 unspecified atom stereocenters. The van der Waals surface area contributed by atoms with Crippen molar-refractivity contribution in [3.8, 4) is 0 Å². The van der Waals surface area contributed by atoms with Gasteiger partial charge in [-0.2, -0.15) is 53.0 Å². The summed E-state index contributed by atoms with van der Waals surface area (Å²) in [5.41, 5.74) is 3.63. The van der Waals surface area contributed by atoms with E-state index in [2.05, 4.69) is 71.3 Å². The summed E-state index contributed by atoms with van der Waals surface area (Å²) < 4.78 is 241. The number of ether oxygens (including phenoxy) is 8. The van der Waals surface area contributed by atoms with Crippen molar-refractivity contribution < 1.29 is 208 Å². The first-order valence-corrected chi connectivity index (χ1v) is 30.6. The van der Waals surface area contributed by atoms with E-state index in [1.165, 1.54) is 0 Å². The molecule has 4 saturated heterocycles. The van der Waals surface area contributed by atoms with Gasteiger partial charge in [-0.15, -0.1) is 18.6 Å². The van der Waals surface area contributed by atoms with Gasteiger partial charge in [-0.1, -0.05) is 6.92 Å². The molecule has 0 radical (unpaired) electrons. The number of nitrogens with one attached hydrogen (secondary N) is 2. The normalized spacial score (nSPS) is 39.6. The van der Waals surface area contributed by atoms with Crippen LogP contribution in [0.3, 0.4) is 0 Å². The third kappa shape index (κ3) is 21.1. The van der Waals surface area contributed by atoms with Gasteiger partial charge >= 0.3 is 63.9 Å². The first-order chi connectivity index (χ1) is 39.6. The Morgan fingerprint density at radius 2 is 0.942 bits per heavy atom. The third-order valence-corrected chi connectivity index (χ3v) is 15.0. The molecule has 25 atom stereocenters. The summed E-state index contributed by atoms with van der Waals surface area (Å²) >= 11 is 6.42. The summed E-state index contributed by atoms with van der Waals surface area (Å²) in [5.74, 6) is -7.99. The van der Waals surface area contributed by atoms with Gasteiger partial charge in [0.1, 0.15) is 73.2 Å². The second-order valence-corrected chi connectivity index (χ2v) is 23.9. The predicted octanol–water partition coefficient (Wildman–Crippen LogP) is -10.2. The molecule has 0 aromatic rings. The van der Waals surface area contributed by atoms with Gasteiger partial charge in [-0.3, -0.25) is 22.8 Å². The van der Waals surface area contributed by atoms with Crippen LogP contribution in [0, 0.1) is 11.8 Å². The zero-order chi connectivity index (χ0) is 64.8. The van der Waals surface area contributed by atoms with Crippen molar-refractivity contribution in [3.63, 3.8) is 0 Å². The van der Waals surface area contributed by atoms with E-state index in [4.69, 9.17) is 46.6 Å². The van der Waals surface area contributed by atoms with Gasteiger partial charge in [-0.05, 0) is 16.5 Å². The van der Waals surface area contributed by atoms with E-state index < -0.39 is 243 Å². The molecule has 0 spiro atoms. The highest BCUT2D eigenvalue weighted by Crippen LogP contribution is 2.40. The molecule has 86 heavy (non-hydrogen) atoms. The van der Waals surface area contributed by atoms with Crippen LogP contribution in [0.5, 0.6) is 0 Å². The van der Waals surface area contributed by atoms with Crippen LogP contribution in [-0.2, 0) is 149 Å². The van der Waals surface area contributed by atoms with Gasteiger partial charge in [-0.25, -0.2) is 30.5 Å². The zero-order valence-corrected chi connectivity index (χ0v) is 48.0. The molecular formula is C32H54N2O45S7. The SMILES string of the molecule is CC1[C@H](O[C@H]2C(C(=O)O)O[C@@H](O[C@H]3C(OS(=O)(=O)O)C(NOOOS)[C@@H](O[C@H]4C(C(=O)O)O[C@@H](O[C@H]5C(COS(=O)(=O)O)OC(O)C(NOOOS)[C@H]5O)C(OS(=O)(=O)O)[C@@H]4O)C[C@@H]3COS(=O)(=O)O)C(O)[C@H]2O)OC(COS(=O)(=O)O)[C@H](O)[C@@H]1O. The molecule has 5 rings (SSSR count). The van der Waals surface area contributed by atoms with Crippen molar-refractivity contribution in [2.24, 2.45) is 11.8 Å². The molecule has 1 saturated carbocycles. The van der Waals surface area contributed by atoms with Crippen LogP contribution in [0.15, 0.2) is 0 Å². The fourth-order valence-electron chi connectivity index (χ4n) is 9.04. The molecule has 47 nitrogen and oxygen atoms in total. The maximum atomic E-state index is 13.1. The molecule has 0 amide bonds. The molecule has 504 valence electrons. The number of hydrogen-bond acceptors (Lipinski definition) is 42. The molecule has 5 aliphatic rings. The summed E-state index contributed by atoms with van der Waals surface area (Å²) in [6, 6.07) is -4.54. The Bertz CT molecular complexity index is 2810. The van der Waals surface area contributed by atoms with E-state index in [0.29, 0.717) is 0 Å². The van der Waals surface area contributed by atoms with Crippen molar-refractivity contribution in [1.82, 2.24) is 11.0 Å². The van der Waals surface area contributed by atoms with Crippen LogP contribution in [0.1, 0.15) is 13.3 Å². The number of hydroxylamine groups is 2. The molecule has 0 bridgehead atoms. The number of hydrogen-bond donors (Lipinski definition) is 18. The summed E-state index contributed by atoms with van der Waals surface area (Å²) in [6.07, 6.45) is -53.6. The predicted molar refractivity (Wildman–Crippen MR) is 252 cm³/mol. The Morgan fingerprint density at radius 3 is 1.45 bits per heavy atom. The quantitative estimate of drug-likeness (QED) is 0.00765. The summed E-state index contributed by atoms with van der Waals surface area (Å²) in [6.45, 7) is -3.10. The minimum atomic E-state index is -6.04. The number of aliphatic hydroxyl groups excluding tert-OH is 7. The first kappa shape index (κ1) is 74.8. The van der Waals surface area contributed by atoms with Crippen molar-refractivity contribution in [2.45, 2.75) is 154 Å². The van der Waals surface area contributed by atoms with Crippen LogP contribution in [-0.4, -0.2) is 284 Å². The number of carbonyl (C=O) groups is 2. The lowest BCUT2D eigenvalue weighted by molar-refractivity contribution is -0.495. The van der Waals surface area contributed by atoms with Gasteiger partial charge in [0.15, 0.2) is 43.5 Å². The van der Waals surface area contributed by atoms with E-state index in [0.717, 1.165) is 6.92 Å². The van der Waals surface area contributed by atoms with Gasteiger partial charge in [0.2, 0.25) is 0 Å². The van der Waals surface area contributed by atoms with Gasteiger partial charge in [0.25, 0.3) is 0 Å². The fraction of sp³-hybridized carbons (Fsp3) is 0.938. The van der Waals surface area contributed by atoms with Crippen LogP contribution < -0.4 is 11.0 Å². The van der Waals surface area contributed by atoms with E-state index in [1.807, 2.05) is 5.48 Å². The average Bonchev–Trinajstić information content (AvgIpc) is 0.883. The number of carboxylic acids is 2. The number of thiol groups is 2. The van der Waals surface area contributed by atoms with Crippen LogP contribution >= 0.6 is 25.8 Å². The fourth-order valence-corrected chi connectivity index (χ4v) is 11.1. The monoisotopic (exact) mass is 1410 g/mol. The minimum Gasteiger partial charge on any atom is -0.479 e. The highest BCUT2D eigenvalue weighted by molar-refractivity contribution is 7.81. The molecular weight excluding hydrogens is 1360 g/mol. The van der Waals surface area contributed by atoms with Crippen LogP contribution in [0.25, 0.3) is 0 Å². The van der Waals surface area contributed by atoms with Crippen molar-refractivity contribution in [1.29, 1.82) is 0 Å². The first-order valence-electron chi connectivity index (χ1n) is 23.1. The second kappa shape index (κ2) is 31.1. The third-order valence-electron chi connectivity index (χ3n) is 12.7. The Labute approximate surface area is 492 Å². The molecule has 0 aromatic heterocycles. The largest absolute Gasteiger partial charge is 0.479 e. The second-order valence-electron chi connectivity index (χ2n) is 18.2. The minimum absolute atomic E-state index is 1.11. The Kier molecular flexibility index (Phi) is 27.1. The maximum absolute atomic E-state index is 13.1. The molecule has 0 aromatic carbocycles. The molecule has 54 heteroatoms. The highest BCUT2D eigenvalue weighted by atomic mass is 32.3. The van der Waals surface area contributed by atoms with Crippen molar-refractivity contribution in [2.75, 3.05) is 19.8 Å². The molecule has 16 N–H and O–H groups in total. The van der Waals surface area contributed by atoms with Gasteiger partial charge in [0, 0.05) is 37.7 Å². The number of rotatable bonds is 31. The molecule has 5 fully saturated rings. The van der Waals surface area contributed by atoms with E-state index in [9.17, 15) is 116 Å². The standard InChI is InChI=1S/C32H54N2O45S7/c1-6-13(35)14(36)9(4-62-83(49,50)51)66-30(6)69-22-16(38)17(39)31(70-25(22)27(41)42)67-19-7(3-61-82(46,47)48)2-8(11(33-74-76-78-80)21(19)72-85(55,56)57)64-23-18(40)24(73-86(58,59)60)32(71-26(23)28(43)44)68-20-10(5-63-84(52,53)54)65-29(45)12(15(20)37)34-75-77-79-81/h6-26,29-40,45,80-81H,2-5H2,1H3,(H,41,42)(H,43,44)(H,46,47,48)(H,49,50,51)(H,52,53,54)(H,55,56,57)(H,58,59,60)/t6?,7-,8+,9?,10?,11?,12?,13-,14+,15-,16-,17?,18-,19-,20+,21?,22-,23-,24?,25?,26?,29?,30+,31-,32-/m1/s1. The Hall–Kier alpha value is -1.93. The van der Waals surface area contributed by atoms with E-state index in [1.54, 1.807) is 5.48 Å². The number of aliphatic hydroxyl groups is 7. The lowest BCUT2D eigenvalue weighted by Crippen LogP contribution is -2.69. The van der Waals surface area contributed by atoms with Crippen molar-refractivity contribution >= 4 is 89.8 Å². The molecule has 4 aliphatic heterocycles. The molecule has 4 heterocycles. The maximum Gasteiger partial charge on any atom is 0.397 e. The van der Waals surface area contributed by atoms with E-state index in [-0.39, 0.29) is 0 Å². The number of aliphatic carboxylic acids is 2. The Balaban J connectivity index is 1.55. The summed E-state index contributed by atoms with van der Waals surface area (Å²) in [5, 5.41) is 107. The summed E-state index contributed by atoms with van der Waals surface area (Å²) in [4.78, 5) is 34.7. The average molecular weight is 1410 g/mol. The van der Waals surface area contributed by atoms with Crippen LogP contribution in [0.2, 0.25) is 0 Å². The van der Waals surface area contributed by atoms with Gasteiger partial charge < -0.3 is 83.9 Å². The Morgan fingerprint density at radius 1 is 0.477 bits per heavy atom. The topological polar surface area (TPSA) is 687 Å². The summed E-state index contributed by atoms with van der Waals surface area (Å²) in [7, 11) is -28.3. The highest BCUT2D eigenvalue weighted by Gasteiger charge is 2.60. The van der Waals surface area contributed by atoms with Crippen molar-refractivity contribution in [3.05, 3.63) is 0 Å². The van der Waals surface area contributed by atoms with E-state index >= 15 is 0 Å². The zero-order valence-electron chi connectivity index (χ0n) is 42.1. The lowest BCUT2D eigenvalue weighted by atomic mass is 9.79. The molecule has 1 aliphatic carbocycles. The van der Waals surface area contributed by atoms with Gasteiger partial charge in [0.05, 0.1) is 44.2 Å². The number of carboxylic acid groups (broad SMARTS) is 2. The lowest BCUT2D eigenvalue weighted by Gasteiger charge is -2.50. The van der Waals surface area contributed by atoms with Crippen LogP contribution in [0.4, 0.5) is 0 Å².